The molecule has 0 bridgehead atoms. The van der Waals surface area contributed by atoms with Gasteiger partial charge < -0.3 is 9.64 Å². The fourth-order valence-electron chi connectivity index (χ4n) is 2.63. The highest BCUT2D eigenvalue weighted by Gasteiger charge is 2.41. The van der Waals surface area contributed by atoms with Gasteiger partial charge in [0, 0.05) is 25.2 Å². The van der Waals surface area contributed by atoms with E-state index in [0.717, 1.165) is 30.5 Å². The van der Waals surface area contributed by atoms with Crippen molar-refractivity contribution in [1.82, 2.24) is 14.7 Å². The zero-order valence-electron chi connectivity index (χ0n) is 13.3. The fourth-order valence-corrected chi connectivity index (χ4v) is 2.63. The molecule has 1 aliphatic rings. The van der Waals surface area contributed by atoms with Crippen LogP contribution in [0.15, 0.2) is 30.5 Å². The van der Waals surface area contributed by atoms with Crippen LogP contribution in [0.1, 0.15) is 16.1 Å². The van der Waals surface area contributed by atoms with Crippen molar-refractivity contribution in [3.63, 3.8) is 0 Å². The van der Waals surface area contributed by atoms with E-state index in [2.05, 4.69) is 5.10 Å². The topological polar surface area (TPSA) is 90.5 Å². The first-order valence-electron chi connectivity index (χ1n) is 7.56. The average Bonchev–Trinajstić information content (AvgIpc) is 3.07. The quantitative estimate of drug-likeness (QED) is 0.611. The Bertz CT molecular complexity index is 826. The zero-order chi connectivity index (χ0) is 18.9. The number of amides is 1. The van der Waals surface area contributed by atoms with Gasteiger partial charge in [-0.3, -0.25) is 14.9 Å². The predicted molar refractivity (Wildman–Crippen MR) is 81.9 cm³/mol. The normalized spacial score (nSPS) is 15.1. The van der Waals surface area contributed by atoms with Gasteiger partial charge in [-0.1, -0.05) is 0 Å². The molecule has 138 valence electrons. The van der Waals surface area contributed by atoms with Gasteiger partial charge in [0.1, 0.15) is 0 Å². The van der Waals surface area contributed by atoms with E-state index in [1.165, 1.54) is 4.90 Å². The number of nitro groups is 1. The molecule has 3 rings (SSSR count). The number of carbonyl (C=O) groups excluding carboxylic acids is 1. The summed E-state index contributed by atoms with van der Waals surface area (Å²) in [6.45, 7) is 0.894. The van der Waals surface area contributed by atoms with Gasteiger partial charge in [0.25, 0.3) is 11.6 Å². The third kappa shape index (κ3) is 3.38. The molecule has 2 heterocycles. The van der Waals surface area contributed by atoms with Crippen LogP contribution in [0.5, 0.6) is 0 Å². The highest BCUT2D eigenvalue weighted by atomic mass is 19.4. The number of benzene rings is 1. The molecule has 1 amide bonds. The van der Waals surface area contributed by atoms with Crippen molar-refractivity contribution >= 4 is 11.6 Å². The number of alkyl halides is 3. The molecule has 0 atom stereocenters. The Labute approximate surface area is 144 Å². The third-order valence-corrected chi connectivity index (χ3v) is 3.87. The molecule has 0 radical (unpaired) electrons. The van der Waals surface area contributed by atoms with Gasteiger partial charge in [-0.15, -0.1) is 0 Å². The van der Waals surface area contributed by atoms with Crippen LogP contribution in [0.25, 0.3) is 5.69 Å². The van der Waals surface area contributed by atoms with Gasteiger partial charge in [0.15, 0.2) is 5.69 Å². The number of ether oxygens (including phenoxy) is 1. The van der Waals surface area contributed by atoms with Gasteiger partial charge >= 0.3 is 6.18 Å². The summed E-state index contributed by atoms with van der Waals surface area (Å²) in [6.07, 6.45) is -3.97. The monoisotopic (exact) mass is 370 g/mol. The van der Waals surface area contributed by atoms with Crippen molar-refractivity contribution in [3.05, 3.63) is 51.8 Å². The summed E-state index contributed by atoms with van der Waals surface area (Å²) in [5.74, 6) is -0.784. The Morgan fingerprint density at radius 1 is 1.19 bits per heavy atom. The number of nitrogens with zero attached hydrogens (tertiary/aromatic N) is 4. The van der Waals surface area contributed by atoms with E-state index in [-0.39, 0.29) is 37.7 Å². The van der Waals surface area contributed by atoms with E-state index < -0.39 is 28.3 Å². The second-order valence-corrected chi connectivity index (χ2v) is 5.49. The molecule has 0 saturated carbocycles. The van der Waals surface area contributed by atoms with Crippen LogP contribution < -0.4 is 0 Å². The number of halogens is 3. The highest BCUT2D eigenvalue weighted by molar-refractivity contribution is 5.95. The van der Waals surface area contributed by atoms with Crippen LogP contribution in [-0.4, -0.2) is 51.8 Å². The van der Waals surface area contributed by atoms with E-state index in [9.17, 15) is 28.1 Å². The summed E-state index contributed by atoms with van der Waals surface area (Å²) in [4.78, 5) is 23.8. The van der Waals surface area contributed by atoms with Crippen molar-refractivity contribution in [2.45, 2.75) is 6.18 Å². The molecule has 1 aromatic carbocycles. The summed E-state index contributed by atoms with van der Waals surface area (Å²) >= 11 is 0. The maximum atomic E-state index is 13.6. The van der Waals surface area contributed by atoms with Crippen LogP contribution in [0.2, 0.25) is 0 Å². The van der Waals surface area contributed by atoms with Crippen molar-refractivity contribution in [3.8, 4) is 5.69 Å². The average molecular weight is 370 g/mol. The number of hydrogen-bond donors (Lipinski definition) is 0. The molecule has 0 aliphatic carbocycles. The van der Waals surface area contributed by atoms with Gasteiger partial charge in [0.2, 0.25) is 0 Å². The largest absolute Gasteiger partial charge is 0.434 e. The molecule has 2 aromatic rings. The zero-order valence-corrected chi connectivity index (χ0v) is 13.3. The number of rotatable bonds is 3. The molecule has 0 spiro atoms. The third-order valence-electron chi connectivity index (χ3n) is 3.87. The Morgan fingerprint density at radius 2 is 1.81 bits per heavy atom. The Kier molecular flexibility index (Phi) is 4.64. The minimum atomic E-state index is -4.84. The molecule has 26 heavy (non-hydrogen) atoms. The van der Waals surface area contributed by atoms with Gasteiger partial charge in [0.05, 0.1) is 35.6 Å². The minimum Gasteiger partial charge on any atom is -0.378 e. The van der Waals surface area contributed by atoms with E-state index >= 15 is 0 Å². The summed E-state index contributed by atoms with van der Waals surface area (Å²) in [7, 11) is 0. The number of hydrogen-bond acceptors (Lipinski definition) is 5. The molecule has 1 fully saturated rings. The van der Waals surface area contributed by atoms with E-state index in [1.54, 1.807) is 0 Å². The number of aromatic nitrogens is 2. The van der Waals surface area contributed by atoms with Crippen molar-refractivity contribution in [2.75, 3.05) is 26.3 Å². The Hall–Kier alpha value is -2.95. The van der Waals surface area contributed by atoms with Crippen molar-refractivity contribution < 1.29 is 27.6 Å². The first-order valence-corrected chi connectivity index (χ1v) is 7.56. The lowest BCUT2D eigenvalue weighted by molar-refractivity contribution is -0.384. The number of nitro benzene ring substituents is 1. The number of carbonyl (C=O) groups is 1. The lowest BCUT2D eigenvalue weighted by Gasteiger charge is -2.27. The van der Waals surface area contributed by atoms with Crippen LogP contribution in [-0.2, 0) is 10.9 Å². The predicted octanol–water partition coefficient (Wildman–Crippen LogP) is 2.27. The molecule has 11 heteroatoms. The van der Waals surface area contributed by atoms with Crippen LogP contribution >= 0.6 is 0 Å². The Morgan fingerprint density at radius 3 is 2.35 bits per heavy atom. The molecule has 1 aliphatic heterocycles. The molecular weight excluding hydrogens is 357 g/mol. The minimum absolute atomic E-state index is 0.0380. The summed E-state index contributed by atoms with van der Waals surface area (Å²) in [5.41, 5.74) is -2.09. The maximum Gasteiger partial charge on any atom is 0.434 e. The summed E-state index contributed by atoms with van der Waals surface area (Å²) in [5, 5.41) is 14.4. The van der Waals surface area contributed by atoms with E-state index in [1.807, 2.05) is 0 Å². The van der Waals surface area contributed by atoms with E-state index in [4.69, 9.17) is 4.74 Å². The lowest BCUT2D eigenvalue weighted by Crippen LogP contribution is -2.41. The lowest BCUT2D eigenvalue weighted by atomic mass is 10.2. The molecule has 1 aromatic heterocycles. The maximum absolute atomic E-state index is 13.6. The van der Waals surface area contributed by atoms with Crippen LogP contribution in [0.4, 0.5) is 18.9 Å². The Balaban J connectivity index is 2.02. The summed E-state index contributed by atoms with van der Waals surface area (Å²) < 4.78 is 46.5. The molecule has 8 nitrogen and oxygen atoms in total. The first kappa shape index (κ1) is 17.9. The summed E-state index contributed by atoms with van der Waals surface area (Å²) in [6, 6.07) is 4.42. The standard InChI is InChI=1S/C15H13F3N4O4/c16-15(17,18)13-12(14(23)20-5-7-26-8-6-20)9-19-21(13)10-1-3-11(4-2-10)22(24)25/h1-4,9H,5-8H2. The first-order chi connectivity index (χ1) is 12.3. The van der Waals surface area contributed by atoms with E-state index in [0.29, 0.717) is 4.68 Å². The smallest absolute Gasteiger partial charge is 0.378 e. The molecular formula is C15H13F3N4O4. The highest BCUT2D eigenvalue weighted by Crippen LogP contribution is 2.34. The van der Waals surface area contributed by atoms with Crippen LogP contribution in [0, 0.1) is 10.1 Å². The number of non-ortho nitro benzene ring substituents is 1. The SMILES string of the molecule is O=C(c1cnn(-c2ccc([N+](=O)[O-])cc2)c1C(F)(F)F)N1CCOCC1. The molecule has 0 unspecified atom stereocenters. The van der Waals surface area contributed by atoms with Gasteiger partial charge in [-0.25, -0.2) is 4.68 Å². The molecule has 0 N–H and O–H groups in total. The second kappa shape index (κ2) is 6.75. The molecule has 1 saturated heterocycles. The fraction of sp³-hybridized carbons (Fsp3) is 0.333. The number of morpholine rings is 1. The van der Waals surface area contributed by atoms with Crippen LogP contribution in [0.3, 0.4) is 0 Å². The van der Waals surface area contributed by atoms with Gasteiger partial charge in [-0.2, -0.15) is 18.3 Å². The van der Waals surface area contributed by atoms with Gasteiger partial charge in [-0.05, 0) is 12.1 Å². The second-order valence-electron chi connectivity index (χ2n) is 5.49. The van der Waals surface area contributed by atoms with Crippen molar-refractivity contribution in [2.24, 2.45) is 0 Å². The van der Waals surface area contributed by atoms with Crippen molar-refractivity contribution in [1.29, 1.82) is 0 Å².